The molecular formula is C2H3NO5Zn2+2. The molecule has 0 radical (unpaired) electrons. The minimum absolute atomic E-state index is 0. The second-order valence-corrected chi connectivity index (χ2v) is 0.715. The van der Waals surface area contributed by atoms with Gasteiger partial charge in [0.2, 0.25) is 0 Å². The quantitative estimate of drug-likeness (QED) is 0.296. The molecule has 0 unspecified atom stereocenters. The van der Waals surface area contributed by atoms with Crippen LogP contribution in [0.25, 0.3) is 0 Å². The van der Waals surface area contributed by atoms with Gasteiger partial charge in [-0.15, -0.1) is 0 Å². The Balaban J connectivity index is -0.0000000300. The average molecular weight is 252 g/mol. The Kier molecular flexibility index (Phi) is 36.0. The number of carbonyl (C=O) groups is 1. The Labute approximate surface area is 82.2 Å². The molecule has 0 bridgehead atoms. The number of carboxylic acids is 1. The Morgan fingerprint density at radius 3 is 1.30 bits per heavy atom. The van der Waals surface area contributed by atoms with Crippen molar-refractivity contribution in [2.45, 2.75) is 6.92 Å². The fourth-order valence-corrected chi connectivity index (χ4v) is 0. The maximum atomic E-state index is 8.89. The largest absolute Gasteiger partial charge is 2.00 e. The molecular weight excluding hydrogens is 249 g/mol. The van der Waals surface area contributed by atoms with Gasteiger partial charge in [-0.3, -0.25) is 0 Å². The van der Waals surface area contributed by atoms with Gasteiger partial charge >= 0.3 is 39.0 Å². The normalized spacial score (nSPS) is 4.90. The Morgan fingerprint density at radius 1 is 1.30 bits per heavy atom. The molecule has 0 N–H and O–H groups in total. The molecule has 48 valence electrons. The molecule has 0 rings (SSSR count). The zero-order chi connectivity index (χ0) is 7.15. The van der Waals surface area contributed by atoms with Crippen LogP contribution in [0, 0.1) is 15.3 Å². The predicted molar refractivity (Wildman–Crippen MR) is 21.0 cm³/mol. The van der Waals surface area contributed by atoms with Gasteiger partial charge in [0, 0.05) is 5.97 Å². The van der Waals surface area contributed by atoms with Crippen molar-refractivity contribution >= 4 is 5.97 Å². The second kappa shape index (κ2) is 16.0. The van der Waals surface area contributed by atoms with Crippen LogP contribution < -0.4 is 5.11 Å². The Hall–Kier alpha value is -0.0832. The summed E-state index contributed by atoms with van der Waals surface area (Å²) in [4.78, 5) is 17.1. The molecule has 10 heavy (non-hydrogen) atoms. The predicted octanol–water partition coefficient (Wildman–Crippen LogP) is -1.49. The first-order valence-electron chi connectivity index (χ1n) is 1.46. The van der Waals surface area contributed by atoms with Crippen molar-refractivity contribution < 1.29 is 53.9 Å². The van der Waals surface area contributed by atoms with E-state index >= 15 is 0 Å². The SMILES string of the molecule is CC(=O)[O-].O=[N+]([O-])[O-].[Zn+2].[Zn+2]. The maximum absolute atomic E-state index is 8.89. The van der Waals surface area contributed by atoms with Crippen molar-refractivity contribution in [3.63, 3.8) is 0 Å². The van der Waals surface area contributed by atoms with Gasteiger partial charge in [-0.25, -0.2) is 0 Å². The zero-order valence-corrected chi connectivity index (χ0v) is 11.3. The molecule has 0 aliphatic rings. The van der Waals surface area contributed by atoms with Crippen LogP contribution in [0.2, 0.25) is 0 Å². The molecule has 0 fully saturated rings. The molecule has 0 saturated heterocycles. The number of rotatable bonds is 0. The fraction of sp³-hybridized carbons (Fsp3) is 0.500. The molecule has 0 amide bonds. The summed E-state index contributed by atoms with van der Waals surface area (Å²) in [5.74, 6) is -1.08. The van der Waals surface area contributed by atoms with Crippen molar-refractivity contribution in [3.8, 4) is 0 Å². The minimum Gasteiger partial charge on any atom is -0.550 e. The molecule has 0 aliphatic heterocycles. The number of carboxylic acid groups (broad SMARTS) is 1. The first-order chi connectivity index (χ1) is 3.46. The summed E-state index contributed by atoms with van der Waals surface area (Å²) in [6.45, 7) is 0.972. The van der Waals surface area contributed by atoms with E-state index in [1.54, 1.807) is 0 Å². The third-order valence-corrected chi connectivity index (χ3v) is 0. The number of hydrogen-bond donors (Lipinski definition) is 0. The molecule has 6 nitrogen and oxygen atoms in total. The van der Waals surface area contributed by atoms with Gasteiger partial charge in [0.05, 0.1) is 5.09 Å². The van der Waals surface area contributed by atoms with Crippen molar-refractivity contribution in [2.75, 3.05) is 0 Å². The molecule has 0 aromatic heterocycles. The van der Waals surface area contributed by atoms with Crippen LogP contribution in [-0.2, 0) is 43.8 Å². The van der Waals surface area contributed by atoms with Gasteiger partial charge in [0.1, 0.15) is 0 Å². The molecule has 8 heteroatoms. The first kappa shape index (κ1) is 22.5. The standard InChI is InChI=1S/C2H4O2.NO3.2Zn/c1-2(3)4;2-1(3)4;;/h1H3,(H,3,4);;;/q;-1;2*+2/p-1. The number of hydrogen-bond acceptors (Lipinski definition) is 5. The van der Waals surface area contributed by atoms with Gasteiger partial charge in [-0.2, -0.15) is 0 Å². The summed E-state index contributed by atoms with van der Waals surface area (Å²) in [5.41, 5.74) is 0. The Morgan fingerprint density at radius 2 is 1.30 bits per heavy atom. The van der Waals surface area contributed by atoms with Crippen molar-refractivity contribution in [1.82, 2.24) is 0 Å². The van der Waals surface area contributed by atoms with Crippen LogP contribution in [0.1, 0.15) is 6.92 Å². The minimum atomic E-state index is -1.75. The topological polar surface area (TPSA) is 106 Å². The van der Waals surface area contributed by atoms with Crippen molar-refractivity contribution in [3.05, 3.63) is 15.3 Å². The van der Waals surface area contributed by atoms with E-state index in [9.17, 15) is 0 Å². The smallest absolute Gasteiger partial charge is 0.550 e. The first-order valence-corrected chi connectivity index (χ1v) is 1.46. The third kappa shape index (κ3) is 54700. The molecule has 0 aliphatic carbocycles. The molecule has 0 aromatic carbocycles. The van der Waals surface area contributed by atoms with E-state index in [1.807, 2.05) is 0 Å². The van der Waals surface area contributed by atoms with Crippen LogP contribution >= 0.6 is 0 Å². The molecule has 0 spiro atoms. The zero-order valence-electron chi connectivity index (χ0n) is 5.40. The van der Waals surface area contributed by atoms with Gasteiger partial charge in [-0.05, 0) is 6.92 Å². The number of carbonyl (C=O) groups excluding carboxylic acids is 1. The van der Waals surface area contributed by atoms with Crippen LogP contribution in [0.4, 0.5) is 0 Å². The fourth-order valence-electron chi connectivity index (χ4n) is 0. The van der Waals surface area contributed by atoms with Crippen LogP contribution in [-0.4, -0.2) is 11.1 Å². The summed E-state index contributed by atoms with van der Waals surface area (Å²) in [7, 11) is 0. The summed E-state index contributed by atoms with van der Waals surface area (Å²) in [5, 5.41) is 23.6. The van der Waals surface area contributed by atoms with E-state index in [-0.39, 0.29) is 39.0 Å². The second-order valence-electron chi connectivity index (χ2n) is 0.715. The van der Waals surface area contributed by atoms with Gasteiger partial charge in [-0.1, -0.05) is 0 Å². The third-order valence-electron chi connectivity index (χ3n) is 0. The van der Waals surface area contributed by atoms with Crippen LogP contribution in [0.5, 0.6) is 0 Å². The van der Waals surface area contributed by atoms with Crippen molar-refractivity contribution in [1.29, 1.82) is 0 Å². The van der Waals surface area contributed by atoms with E-state index in [0.717, 1.165) is 6.92 Å². The number of aliphatic carboxylic acids is 1. The molecule has 0 heterocycles. The summed E-state index contributed by atoms with van der Waals surface area (Å²) in [6, 6.07) is 0. The van der Waals surface area contributed by atoms with E-state index in [4.69, 9.17) is 25.2 Å². The maximum Gasteiger partial charge on any atom is 2.00 e. The Bertz CT molecular complexity index is 75.6. The monoisotopic (exact) mass is 249 g/mol. The van der Waals surface area contributed by atoms with Gasteiger partial charge < -0.3 is 25.2 Å². The summed E-state index contributed by atoms with van der Waals surface area (Å²) >= 11 is 0. The van der Waals surface area contributed by atoms with E-state index in [1.165, 1.54) is 0 Å². The van der Waals surface area contributed by atoms with Crippen LogP contribution in [0.3, 0.4) is 0 Å². The molecule has 0 saturated carbocycles. The van der Waals surface area contributed by atoms with Crippen LogP contribution in [0.15, 0.2) is 0 Å². The van der Waals surface area contributed by atoms with E-state index < -0.39 is 11.1 Å². The summed E-state index contributed by atoms with van der Waals surface area (Å²) < 4.78 is 0. The number of nitrogens with zero attached hydrogens (tertiary/aromatic N) is 1. The average Bonchev–Trinajstić information content (AvgIpc) is 1.25. The van der Waals surface area contributed by atoms with Gasteiger partial charge in [0.25, 0.3) is 0 Å². The molecule has 0 aromatic rings. The summed E-state index contributed by atoms with van der Waals surface area (Å²) in [6.07, 6.45) is 0. The van der Waals surface area contributed by atoms with Gasteiger partial charge in [0.15, 0.2) is 0 Å². The van der Waals surface area contributed by atoms with Crippen molar-refractivity contribution in [2.24, 2.45) is 0 Å². The van der Waals surface area contributed by atoms with E-state index in [0.29, 0.717) is 0 Å². The molecule has 0 atom stereocenters. The van der Waals surface area contributed by atoms with E-state index in [2.05, 4.69) is 0 Å².